The third kappa shape index (κ3) is 2.83. The lowest BCUT2D eigenvalue weighted by Gasteiger charge is -2.11. The van der Waals surface area contributed by atoms with Gasteiger partial charge in [0.25, 0.3) is 5.91 Å². The lowest BCUT2D eigenvalue weighted by atomic mass is 10.2. The number of amides is 1. The van der Waals surface area contributed by atoms with Crippen molar-refractivity contribution in [2.75, 3.05) is 12.4 Å². The van der Waals surface area contributed by atoms with Gasteiger partial charge < -0.3 is 15.6 Å². The van der Waals surface area contributed by atoms with Gasteiger partial charge in [0, 0.05) is 19.3 Å². The maximum Gasteiger partial charge on any atom is 0.255 e. The molecule has 0 aromatic carbocycles. The molecule has 19 heavy (non-hydrogen) atoms. The van der Waals surface area contributed by atoms with Crippen molar-refractivity contribution in [1.29, 1.82) is 0 Å². The van der Waals surface area contributed by atoms with Crippen LogP contribution in [0.1, 0.15) is 37.0 Å². The van der Waals surface area contributed by atoms with E-state index in [0.29, 0.717) is 22.5 Å². The molecule has 1 unspecified atom stereocenters. The van der Waals surface area contributed by atoms with Crippen LogP contribution < -0.4 is 10.6 Å². The van der Waals surface area contributed by atoms with E-state index in [1.807, 2.05) is 6.92 Å². The second-order valence-corrected chi connectivity index (χ2v) is 4.57. The summed E-state index contributed by atoms with van der Waals surface area (Å²) in [5.74, 6) is 0.525. The molecule has 2 aromatic heterocycles. The smallest absolute Gasteiger partial charge is 0.255 e. The summed E-state index contributed by atoms with van der Waals surface area (Å²) in [5.41, 5.74) is 1.74. The molecule has 0 saturated carbocycles. The van der Waals surface area contributed by atoms with Crippen molar-refractivity contribution in [3.8, 4) is 0 Å². The number of aromatic nitrogens is 3. The van der Waals surface area contributed by atoms with E-state index in [0.717, 1.165) is 12.8 Å². The molecule has 2 heterocycles. The highest BCUT2D eigenvalue weighted by Crippen LogP contribution is 2.16. The molecule has 0 spiro atoms. The van der Waals surface area contributed by atoms with Gasteiger partial charge in [-0.2, -0.15) is 0 Å². The number of carbonyl (C=O) groups is 1. The van der Waals surface area contributed by atoms with Crippen LogP contribution in [0.2, 0.25) is 0 Å². The predicted molar refractivity (Wildman–Crippen MR) is 75.3 cm³/mol. The number of anilines is 1. The van der Waals surface area contributed by atoms with Crippen molar-refractivity contribution in [3.05, 3.63) is 18.0 Å². The van der Waals surface area contributed by atoms with E-state index >= 15 is 0 Å². The molecule has 0 aliphatic rings. The topological polar surface area (TPSA) is 82.7 Å². The lowest BCUT2D eigenvalue weighted by Crippen LogP contribution is -2.32. The maximum absolute atomic E-state index is 12.2. The summed E-state index contributed by atoms with van der Waals surface area (Å²) in [7, 11) is 1.77. The number of hydrogen-bond acceptors (Lipinski definition) is 4. The van der Waals surface area contributed by atoms with Crippen LogP contribution in [0.3, 0.4) is 0 Å². The van der Waals surface area contributed by atoms with Crippen LogP contribution in [-0.4, -0.2) is 33.9 Å². The van der Waals surface area contributed by atoms with Gasteiger partial charge in [0.05, 0.1) is 11.8 Å². The van der Waals surface area contributed by atoms with Gasteiger partial charge in [0.1, 0.15) is 11.3 Å². The largest absolute Gasteiger partial charge is 0.372 e. The molecule has 0 bridgehead atoms. The molecule has 0 aliphatic heterocycles. The fraction of sp³-hybridized carbons (Fsp3) is 0.462. The van der Waals surface area contributed by atoms with Crippen LogP contribution >= 0.6 is 0 Å². The Hall–Kier alpha value is -2.11. The number of fused-ring (bicyclic) bond motifs is 1. The molecular formula is C13H19N5O. The highest BCUT2D eigenvalue weighted by atomic mass is 16.1. The number of hydrogen-bond donors (Lipinski definition) is 3. The molecule has 0 fully saturated rings. The Labute approximate surface area is 112 Å². The van der Waals surface area contributed by atoms with Crippen molar-refractivity contribution >= 4 is 22.9 Å². The SMILES string of the molecule is CCCC(C)NC(=O)c1c[nH]c2ncc(NC)nc12. The molecule has 0 radical (unpaired) electrons. The quantitative estimate of drug-likeness (QED) is 0.768. The third-order valence-corrected chi connectivity index (χ3v) is 2.98. The molecular weight excluding hydrogens is 242 g/mol. The average Bonchev–Trinajstić information content (AvgIpc) is 2.81. The van der Waals surface area contributed by atoms with Gasteiger partial charge in [0.2, 0.25) is 0 Å². The Balaban J connectivity index is 2.26. The molecule has 6 heteroatoms. The predicted octanol–water partition coefficient (Wildman–Crippen LogP) is 1.92. The Morgan fingerprint density at radius 2 is 2.32 bits per heavy atom. The second kappa shape index (κ2) is 5.69. The highest BCUT2D eigenvalue weighted by Gasteiger charge is 2.16. The van der Waals surface area contributed by atoms with Crippen LogP contribution in [0, 0.1) is 0 Å². The molecule has 102 valence electrons. The van der Waals surface area contributed by atoms with Crippen LogP contribution in [0.15, 0.2) is 12.4 Å². The minimum atomic E-state index is -0.116. The number of aromatic amines is 1. The van der Waals surface area contributed by atoms with E-state index in [9.17, 15) is 4.79 Å². The fourth-order valence-electron chi connectivity index (χ4n) is 1.99. The molecule has 0 aliphatic carbocycles. The first-order valence-electron chi connectivity index (χ1n) is 6.48. The van der Waals surface area contributed by atoms with Gasteiger partial charge in [-0.05, 0) is 13.3 Å². The minimum Gasteiger partial charge on any atom is -0.372 e. The maximum atomic E-state index is 12.2. The molecule has 2 aromatic rings. The van der Waals surface area contributed by atoms with Gasteiger partial charge in [-0.1, -0.05) is 13.3 Å². The fourth-order valence-corrected chi connectivity index (χ4v) is 1.99. The zero-order valence-electron chi connectivity index (χ0n) is 11.4. The zero-order valence-corrected chi connectivity index (χ0v) is 11.4. The molecule has 1 amide bonds. The molecule has 6 nitrogen and oxygen atoms in total. The molecule has 1 atom stereocenters. The number of nitrogens with zero attached hydrogens (tertiary/aromatic N) is 2. The summed E-state index contributed by atoms with van der Waals surface area (Å²) in [4.78, 5) is 23.7. The Kier molecular flexibility index (Phi) is 3.99. The first-order valence-corrected chi connectivity index (χ1v) is 6.48. The van der Waals surface area contributed by atoms with Crippen molar-refractivity contribution in [2.24, 2.45) is 0 Å². The van der Waals surface area contributed by atoms with E-state index < -0.39 is 0 Å². The number of rotatable bonds is 5. The number of H-pyrrole nitrogens is 1. The Bertz CT molecular complexity index is 577. The van der Waals surface area contributed by atoms with Crippen molar-refractivity contribution in [1.82, 2.24) is 20.3 Å². The average molecular weight is 261 g/mol. The van der Waals surface area contributed by atoms with Crippen molar-refractivity contribution in [3.63, 3.8) is 0 Å². The van der Waals surface area contributed by atoms with Gasteiger partial charge in [-0.3, -0.25) is 4.79 Å². The Morgan fingerprint density at radius 1 is 1.53 bits per heavy atom. The van der Waals surface area contributed by atoms with Gasteiger partial charge in [0.15, 0.2) is 5.65 Å². The molecule has 3 N–H and O–H groups in total. The summed E-state index contributed by atoms with van der Waals surface area (Å²) in [6.45, 7) is 4.10. The van der Waals surface area contributed by atoms with E-state index in [-0.39, 0.29) is 11.9 Å². The number of nitrogens with one attached hydrogen (secondary N) is 3. The van der Waals surface area contributed by atoms with Gasteiger partial charge in [-0.15, -0.1) is 0 Å². The highest BCUT2D eigenvalue weighted by molar-refractivity contribution is 6.04. The van der Waals surface area contributed by atoms with Crippen LogP contribution in [0.5, 0.6) is 0 Å². The van der Waals surface area contributed by atoms with Gasteiger partial charge in [-0.25, -0.2) is 9.97 Å². The second-order valence-electron chi connectivity index (χ2n) is 4.57. The first-order chi connectivity index (χ1) is 9.15. The normalized spacial score (nSPS) is 12.4. The van der Waals surface area contributed by atoms with Crippen LogP contribution in [0.25, 0.3) is 11.2 Å². The number of carbonyl (C=O) groups excluding carboxylic acids is 1. The van der Waals surface area contributed by atoms with E-state index in [1.54, 1.807) is 19.4 Å². The van der Waals surface area contributed by atoms with Crippen molar-refractivity contribution in [2.45, 2.75) is 32.7 Å². The summed E-state index contributed by atoms with van der Waals surface area (Å²) in [6, 6.07) is 0.155. The molecule has 2 rings (SSSR count). The third-order valence-electron chi connectivity index (χ3n) is 2.98. The first kappa shape index (κ1) is 13.3. The molecule has 0 saturated heterocycles. The van der Waals surface area contributed by atoms with E-state index in [1.165, 1.54) is 0 Å². The lowest BCUT2D eigenvalue weighted by molar-refractivity contribution is 0.0940. The minimum absolute atomic E-state index is 0.116. The van der Waals surface area contributed by atoms with Gasteiger partial charge >= 0.3 is 0 Å². The van der Waals surface area contributed by atoms with E-state index in [4.69, 9.17) is 0 Å². The summed E-state index contributed by atoms with van der Waals surface area (Å²) >= 11 is 0. The monoisotopic (exact) mass is 261 g/mol. The summed E-state index contributed by atoms with van der Waals surface area (Å²) in [5, 5.41) is 5.88. The van der Waals surface area contributed by atoms with Crippen LogP contribution in [0.4, 0.5) is 5.82 Å². The van der Waals surface area contributed by atoms with Crippen LogP contribution in [-0.2, 0) is 0 Å². The Morgan fingerprint density at radius 3 is 3.00 bits per heavy atom. The van der Waals surface area contributed by atoms with Crippen molar-refractivity contribution < 1.29 is 4.79 Å². The standard InChI is InChI=1S/C13H19N5O/c1-4-5-8(2)17-13(19)9-6-15-12-11(9)18-10(14-3)7-16-12/h6-8H,4-5H2,1-3H3,(H,14,18)(H,15,16)(H,17,19). The zero-order chi connectivity index (χ0) is 13.8. The van der Waals surface area contributed by atoms with E-state index in [2.05, 4.69) is 32.5 Å². The summed E-state index contributed by atoms with van der Waals surface area (Å²) < 4.78 is 0. The summed E-state index contributed by atoms with van der Waals surface area (Å²) in [6.07, 6.45) is 5.28.